The number of hydrogen-bond donors (Lipinski definition) is 2. The molecule has 2 aromatic carbocycles. The zero-order valence-corrected chi connectivity index (χ0v) is 14.8. The first-order valence-electron chi connectivity index (χ1n) is 7.76. The number of halogens is 3. The summed E-state index contributed by atoms with van der Waals surface area (Å²) in [6, 6.07) is 12.3. The minimum Gasteiger partial charge on any atom is -0.295 e. The first-order chi connectivity index (χ1) is 13.2. The van der Waals surface area contributed by atoms with E-state index < -0.39 is 32.6 Å². The number of imidazole rings is 1. The van der Waals surface area contributed by atoms with Gasteiger partial charge in [-0.3, -0.25) is 14.8 Å². The van der Waals surface area contributed by atoms with Gasteiger partial charge in [-0.1, -0.05) is 30.3 Å². The minimum atomic E-state index is -4.87. The highest BCUT2D eigenvalue weighted by atomic mass is 32.2. The maximum atomic E-state index is 13.1. The Labute approximate surface area is 157 Å². The van der Waals surface area contributed by atoms with Crippen LogP contribution >= 0.6 is 0 Å². The van der Waals surface area contributed by atoms with Crippen LogP contribution in [-0.4, -0.2) is 23.9 Å². The molecule has 3 aromatic rings. The van der Waals surface area contributed by atoms with Gasteiger partial charge in [0.2, 0.25) is 0 Å². The van der Waals surface area contributed by atoms with Crippen LogP contribution in [0.25, 0.3) is 5.69 Å². The lowest BCUT2D eigenvalue weighted by molar-refractivity contribution is -0.139. The molecule has 1 aromatic heterocycles. The Hall–Kier alpha value is -3.18. The van der Waals surface area contributed by atoms with Gasteiger partial charge in [0, 0.05) is 5.69 Å². The molecule has 0 bridgehead atoms. The predicted octanol–water partition coefficient (Wildman–Crippen LogP) is 2.51. The number of carbonyl (C=O) groups excluding carboxylic acids is 1. The van der Waals surface area contributed by atoms with Crippen LogP contribution in [0.3, 0.4) is 0 Å². The molecular weight excluding hydrogens is 397 g/mol. The van der Waals surface area contributed by atoms with Crippen molar-refractivity contribution in [2.45, 2.75) is 11.1 Å². The van der Waals surface area contributed by atoms with Gasteiger partial charge in [-0.05, 0) is 24.3 Å². The number of amides is 1. The minimum absolute atomic E-state index is 0.0157. The summed E-state index contributed by atoms with van der Waals surface area (Å²) in [7, 11) is -4.67. The molecule has 2 N–H and O–H groups in total. The maximum absolute atomic E-state index is 13.1. The number of benzene rings is 2. The van der Waals surface area contributed by atoms with E-state index in [1.807, 2.05) is 5.43 Å². The number of hydrazine groups is 1. The monoisotopic (exact) mass is 410 g/mol. The Morgan fingerprint density at radius 3 is 2.32 bits per heavy atom. The topological polar surface area (TPSA) is 93.1 Å². The average molecular weight is 410 g/mol. The van der Waals surface area contributed by atoms with Crippen molar-refractivity contribution in [2.24, 2.45) is 0 Å². The van der Waals surface area contributed by atoms with Crippen molar-refractivity contribution in [1.29, 1.82) is 0 Å². The van der Waals surface area contributed by atoms with Gasteiger partial charge in [-0.2, -0.15) is 13.2 Å². The number of alkyl halides is 3. The second-order valence-corrected chi connectivity index (χ2v) is 7.19. The molecule has 7 nitrogen and oxygen atoms in total. The summed E-state index contributed by atoms with van der Waals surface area (Å²) >= 11 is 0. The highest BCUT2D eigenvalue weighted by Gasteiger charge is 2.37. The molecule has 0 unspecified atom stereocenters. The molecule has 0 aliphatic heterocycles. The van der Waals surface area contributed by atoms with Crippen molar-refractivity contribution in [3.63, 3.8) is 0 Å². The van der Waals surface area contributed by atoms with E-state index in [9.17, 15) is 26.4 Å². The summed E-state index contributed by atoms with van der Waals surface area (Å²) < 4.78 is 65.1. The second kappa shape index (κ2) is 7.44. The number of para-hydroxylation sites is 1. The lowest BCUT2D eigenvalue weighted by Gasteiger charge is -2.14. The zero-order valence-electron chi connectivity index (χ0n) is 14.0. The van der Waals surface area contributed by atoms with Crippen LogP contribution in [0.2, 0.25) is 0 Å². The van der Waals surface area contributed by atoms with Crippen LogP contribution in [0.5, 0.6) is 0 Å². The lowest BCUT2D eigenvalue weighted by atomic mass is 10.2. The fourth-order valence-electron chi connectivity index (χ4n) is 2.43. The summed E-state index contributed by atoms with van der Waals surface area (Å²) in [5.74, 6) is -0.894. The van der Waals surface area contributed by atoms with Gasteiger partial charge >= 0.3 is 6.18 Å². The van der Waals surface area contributed by atoms with E-state index in [1.165, 1.54) is 17.1 Å². The molecule has 146 valence electrons. The van der Waals surface area contributed by atoms with Gasteiger partial charge in [0.15, 0.2) is 0 Å². The molecule has 3 rings (SSSR count). The maximum Gasteiger partial charge on any atom is 0.417 e. The molecule has 0 saturated heterocycles. The van der Waals surface area contributed by atoms with Gasteiger partial charge < -0.3 is 0 Å². The summed E-state index contributed by atoms with van der Waals surface area (Å²) in [4.78, 5) is 16.9. The lowest BCUT2D eigenvalue weighted by Crippen LogP contribution is -2.42. The van der Waals surface area contributed by atoms with E-state index in [2.05, 4.69) is 4.98 Å². The molecule has 0 atom stereocenters. The highest BCUT2D eigenvalue weighted by molar-refractivity contribution is 7.89. The molecule has 1 amide bonds. The Balaban J connectivity index is 1.82. The van der Waals surface area contributed by atoms with Crippen molar-refractivity contribution in [2.75, 3.05) is 0 Å². The number of nitrogens with one attached hydrogen (secondary N) is 2. The van der Waals surface area contributed by atoms with Crippen LogP contribution < -0.4 is 10.3 Å². The molecule has 0 aliphatic carbocycles. The third kappa shape index (κ3) is 4.05. The second-order valence-electron chi connectivity index (χ2n) is 5.54. The molecule has 0 spiro atoms. The van der Waals surface area contributed by atoms with Crippen molar-refractivity contribution in [1.82, 2.24) is 19.8 Å². The smallest absolute Gasteiger partial charge is 0.295 e. The first-order valence-corrected chi connectivity index (χ1v) is 9.24. The van der Waals surface area contributed by atoms with Gasteiger partial charge in [0.05, 0.1) is 23.0 Å². The largest absolute Gasteiger partial charge is 0.417 e. The van der Waals surface area contributed by atoms with Crippen molar-refractivity contribution < 1.29 is 26.4 Å². The van der Waals surface area contributed by atoms with E-state index >= 15 is 0 Å². The highest BCUT2D eigenvalue weighted by Crippen LogP contribution is 2.33. The molecule has 0 saturated carbocycles. The number of sulfonamides is 1. The average Bonchev–Trinajstić information content (AvgIpc) is 3.16. The van der Waals surface area contributed by atoms with Crippen LogP contribution in [0.1, 0.15) is 16.1 Å². The van der Waals surface area contributed by atoms with Crippen molar-refractivity contribution >= 4 is 15.9 Å². The normalized spacial score (nSPS) is 12.0. The molecule has 0 radical (unpaired) electrons. The van der Waals surface area contributed by atoms with Crippen molar-refractivity contribution in [3.05, 3.63) is 78.4 Å². The number of nitrogens with zero attached hydrogens (tertiary/aromatic N) is 2. The standard InChI is InChI=1S/C17H13F3N4O3S/c18-17(19,20)13-8-4-5-9-15(13)28(26,27)23-22-16(25)14-10-21-11-24(14)12-6-2-1-3-7-12/h1-11,23H,(H,22,25). The van der Waals surface area contributed by atoms with Gasteiger partial charge in [-0.25, -0.2) is 13.4 Å². The number of rotatable bonds is 5. The summed E-state index contributed by atoms with van der Waals surface area (Å²) in [6.07, 6.45) is -2.33. The number of carbonyl (C=O) groups is 1. The Morgan fingerprint density at radius 2 is 1.64 bits per heavy atom. The number of aromatic nitrogens is 2. The summed E-state index contributed by atoms with van der Waals surface area (Å²) in [6.45, 7) is 0. The quantitative estimate of drug-likeness (QED) is 0.632. The summed E-state index contributed by atoms with van der Waals surface area (Å²) in [5, 5.41) is 0. The first kappa shape index (κ1) is 19.6. The van der Waals surface area contributed by atoms with Crippen LogP contribution in [0.4, 0.5) is 13.2 Å². The molecule has 11 heteroatoms. The number of hydrogen-bond acceptors (Lipinski definition) is 4. The molecule has 28 heavy (non-hydrogen) atoms. The van der Waals surface area contributed by atoms with Crippen LogP contribution in [0, 0.1) is 0 Å². The van der Waals surface area contributed by atoms with E-state index in [0.29, 0.717) is 11.8 Å². The molecule has 1 heterocycles. The van der Waals surface area contributed by atoms with Crippen LogP contribution in [-0.2, 0) is 16.2 Å². The molecular formula is C17H13F3N4O3S. The van der Waals surface area contributed by atoms with E-state index in [1.54, 1.807) is 35.2 Å². The third-order valence-corrected chi connectivity index (χ3v) is 4.99. The van der Waals surface area contributed by atoms with Gasteiger partial charge in [0.1, 0.15) is 5.69 Å². The van der Waals surface area contributed by atoms with Gasteiger partial charge in [0.25, 0.3) is 15.9 Å². The van der Waals surface area contributed by atoms with E-state index in [0.717, 1.165) is 18.2 Å². The summed E-state index contributed by atoms with van der Waals surface area (Å²) in [5.41, 5.74) is 1.14. The van der Waals surface area contributed by atoms with Gasteiger partial charge in [-0.15, -0.1) is 4.83 Å². The van der Waals surface area contributed by atoms with E-state index in [4.69, 9.17) is 0 Å². The molecule has 0 aliphatic rings. The predicted molar refractivity (Wildman–Crippen MR) is 92.8 cm³/mol. The Kier molecular flexibility index (Phi) is 5.21. The Morgan fingerprint density at radius 1 is 1.00 bits per heavy atom. The molecule has 0 fully saturated rings. The SMILES string of the molecule is O=C(NNS(=O)(=O)c1ccccc1C(F)(F)F)c1cncn1-c1ccccc1. The van der Waals surface area contributed by atoms with Crippen LogP contribution in [0.15, 0.2) is 72.0 Å². The third-order valence-electron chi connectivity index (χ3n) is 3.69. The van der Waals surface area contributed by atoms with Crippen molar-refractivity contribution in [3.8, 4) is 5.69 Å². The fraction of sp³-hybridized carbons (Fsp3) is 0.0588. The fourth-order valence-corrected chi connectivity index (χ4v) is 3.49. The zero-order chi connectivity index (χ0) is 20.4. The Bertz CT molecular complexity index is 1100. The van der Waals surface area contributed by atoms with E-state index in [-0.39, 0.29) is 5.69 Å².